The maximum absolute atomic E-state index is 13.2. The van der Waals surface area contributed by atoms with Crippen molar-refractivity contribution in [2.75, 3.05) is 10.3 Å². The number of nitrogens with two attached hydrogens (primary N) is 1. The van der Waals surface area contributed by atoms with E-state index in [9.17, 15) is 18.8 Å². The zero-order valence-corrected chi connectivity index (χ0v) is 16.3. The van der Waals surface area contributed by atoms with Gasteiger partial charge in [-0.05, 0) is 42.5 Å². The highest BCUT2D eigenvalue weighted by Gasteiger charge is 2.35. The molecule has 2 heterocycles. The number of rotatable bonds is 4. The molecule has 3 aromatic rings. The van der Waals surface area contributed by atoms with Crippen LogP contribution in [-0.4, -0.2) is 32.7 Å². The van der Waals surface area contributed by atoms with Gasteiger partial charge in [-0.25, -0.2) is 9.18 Å². The van der Waals surface area contributed by atoms with Gasteiger partial charge in [0.05, 0.1) is 16.7 Å². The molecule has 1 aliphatic heterocycles. The minimum Gasteiger partial charge on any atom is -0.368 e. The van der Waals surface area contributed by atoms with Crippen LogP contribution in [0.5, 0.6) is 0 Å². The van der Waals surface area contributed by atoms with Crippen molar-refractivity contribution in [2.24, 2.45) is 24.9 Å². The summed E-state index contributed by atoms with van der Waals surface area (Å²) in [6, 6.07) is 9.64. The molecule has 0 spiro atoms. The number of fused-ring (bicyclic) bond motifs is 1. The van der Waals surface area contributed by atoms with Gasteiger partial charge in [-0.3, -0.25) is 23.7 Å². The van der Waals surface area contributed by atoms with E-state index in [4.69, 9.17) is 5.73 Å². The number of hydrogen-bond donors (Lipinski definition) is 2. The normalized spacial score (nSPS) is 16.0. The van der Waals surface area contributed by atoms with E-state index in [0.717, 1.165) is 5.52 Å². The van der Waals surface area contributed by atoms with Crippen molar-refractivity contribution in [2.45, 2.75) is 12.5 Å². The van der Waals surface area contributed by atoms with Gasteiger partial charge < -0.3 is 11.1 Å². The summed E-state index contributed by atoms with van der Waals surface area (Å²) in [5.41, 5.74) is 7.74. The predicted molar refractivity (Wildman–Crippen MR) is 111 cm³/mol. The SMILES string of the molecule is Cn1c(=O)n(C)c2cc(NC(=O)C3=NN(c4ccc(F)cc4)C(C(N)=O)C3)ccc21. The lowest BCUT2D eigenvalue weighted by molar-refractivity contribution is -0.119. The minimum atomic E-state index is -0.853. The molecular weight excluding hydrogens is 391 g/mol. The average molecular weight is 410 g/mol. The summed E-state index contributed by atoms with van der Waals surface area (Å²) in [5, 5.41) is 8.30. The van der Waals surface area contributed by atoms with E-state index in [1.54, 1.807) is 32.3 Å². The Balaban J connectivity index is 1.61. The molecule has 0 bridgehead atoms. The van der Waals surface area contributed by atoms with Gasteiger partial charge in [0.25, 0.3) is 5.91 Å². The number of carbonyl (C=O) groups is 2. The summed E-state index contributed by atoms with van der Waals surface area (Å²) in [4.78, 5) is 36.7. The molecule has 4 rings (SSSR count). The molecule has 9 nitrogen and oxygen atoms in total. The van der Waals surface area contributed by atoms with Gasteiger partial charge in [-0.15, -0.1) is 0 Å². The van der Waals surface area contributed by atoms with Gasteiger partial charge in [0, 0.05) is 26.2 Å². The van der Waals surface area contributed by atoms with E-state index in [2.05, 4.69) is 10.4 Å². The first-order valence-corrected chi connectivity index (χ1v) is 9.14. The van der Waals surface area contributed by atoms with Crippen molar-refractivity contribution in [3.63, 3.8) is 0 Å². The number of hydrazone groups is 1. The van der Waals surface area contributed by atoms with Crippen molar-refractivity contribution in [3.05, 3.63) is 58.8 Å². The van der Waals surface area contributed by atoms with E-state index in [-0.39, 0.29) is 17.8 Å². The number of hydrogen-bond acceptors (Lipinski definition) is 5. The lowest BCUT2D eigenvalue weighted by atomic mass is 10.1. The number of halogens is 1. The Morgan fingerprint density at radius 1 is 1.10 bits per heavy atom. The third kappa shape index (κ3) is 3.21. The standard InChI is InChI=1S/C20H19FN6O3/c1-25-15-8-5-12(9-16(15)26(2)20(25)30)23-19(29)14-10-17(18(22)28)27(24-14)13-6-3-11(21)4-7-13/h3-9,17H,10H2,1-2H3,(H2,22,28)(H,23,29). The Morgan fingerprint density at radius 3 is 2.43 bits per heavy atom. The van der Waals surface area contributed by atoms with E-state index in [1.807, 2.05) is 0 Å². The number of nitrogens with one attached hydrogen (secondary N) is 1. The molecule has 0 saturated heterocycles. The molecule has 0 aliphatic carbocycles. The van der Waals surface area contributed by atoms with Crippen molar-refractivity contribution >= 4 is 39.9 Å². The van der Waals surface area contributed by atoms with Crippen LogP contribution in [0.2, 0.25) is 0 Å². The highest BCUT2D eigenvalue weighted by Crippen LogP contribution is 2.25. The van der Waals surface area contributed by atoms with Gasteiger partial charge >= 0.3 is 5.69 Å². The summed E-state index contributed by atoms with van der Waals surface area (Å²) in [6.07, 6.45) is 0.0185. The molecule has 2 amide bonds. The summed E-state index contributed by atoms with van der Waals surface area (Å²) < 4.78 is 16.2. The molecule has 30 heavy (non-hydrogen) atoms. The van der Waals surface area contributed by atoms with Crippen LogP contribution in [0.15, 0.2) is 52.4 Å². The number of amides is 2. The van der Waals surface area contributed by atoms with Crippen molar-refractivity contribution in [1.29, 1.82) is 0 Å². The molecule has 0 saturated carbocycles. The molecule has 154 valence electrons. The number of benzene rings is 2. The Morgan fingerprint density at radius 2 is 1.77 bits per heavy atom. The summed E-state index contributed by atoms with van der Waals surface area (Å²) >= 11 is 0. The third-order valence-electron chi connectivity index (χ3n) is 5.12. The van der Waals surface area contributed by atoms with E-state index >= 15 is 0 Å². The second kappa shape index (κ2) is 7.14. The highest BCUT2D eigenvalue weighted by molar-refractivity contribution is 6.44. The van der Waals surface area contributed by atoms with Gasteiger partial charge in [0.2, 0.25) is 5.91 Å². The summed E-state index contributed by atoms with van der Waals surface area (Å²) in [7, 11) is 3.32. The number of imidazole rings is 1. The van der Waals surface area contributed by atoms with Gasteiger partial charge in [-0.2, -0.15) is 5.10 Å². The fraction of sp³-hybridized carbons (Fsp3) is 0.200. The van der Waals surface area contributed by atoms with Gasteiger partial charge in [0.1, 0.15) is 17.6 Å². The van der Waals surface area contributed by atoms with Crippen LogP contribution in [-0.2, 0) is 23.7 Å². The molecule has 10 heteroatoms. The molecule has 1 unspecified atom stereocenters. The summed E-state index contributed by atoms with van der Waals surface area (Å²) in [5.74, 6) is -1.57. The first kappa shape index (κ1) is 19.4. The van der Waals surface area contributed by atoms with Crippen LogP contribution in [0.25, 0.3) is 11.0 Å². The zero-order chi connectivity index (χ0) is 21.6. The smallest absolute Gasteiger partial charge is 0.328 e. The number of aryl methyl sites for hydroxylation is 2. The van der Waals surface area contributed by atoms with Crippen molar-refractivity contribution in [1.82, 2.24) is 9.13 Å². The topological polar surface area (TPSA) is 115 Å². The second-order valence-electron chi connectivity index (χ2n) is 7.05. The van der Waals surface area contributed by atoms with Crippen LogP contribution in [0, 0.1) is 5.82 Å². The monoisotopic (exact) mass is 410 g/mol. The van der Waals surface area contributed by atoms with Gasteiger partial charge in [-0.1, -0.05) is 0 Å². The Bertz CT molecular complexity index is 1260. The van der Waals surface area contributed by atoms with E-state index < -0.39 is 23.7 Å². The number of aromatic nitrogens is 2. The molecule has 0 fully saturated rings. The molecule has 3 N–H and O–H groups in total. The largest absolute Gasteiger partial charge is 0.368 e. The Labute approximate surface area is 170 Å². The first-order chi connectivity index (χ1) is 14.3. The van der Waals surface area contributed by atoms with Crippen molar-refractivity contribution in [3.8, 4) is 0 Å². The number of primary amides is 1. The maximum atomic E-state index is 13.2. The second-order valence-corrected chi connectivity index (χ2v) is 7.05. The molecule has 1 aromatic heterocycles. The first-order valence-electron chi connectivity index (χ1n) is 9.14. The van der Waals surface area contributed by atoms with Crippen LogP contribution in [0.1, 0.15) is 6.42 Å². The van der Waals surface area contributed by atoms with Crippen LogP contribution in [0.4, 0.5) is 15.8 Å². The quantitative estimate of drug-likeness (QED) is 0.670. The Hall–Kier alpha value is -3.95. The van der Waals surface area contributed by atoms with Gasteiger partial charge in [0.15, 0.2) is 0 Å². The van der Waals surface area contributed by atoms with E-state index in [1.165, 1.54) is 38.4 Å². The minimum absolute atomic E-state index is 0.0185. The average Bonchev–Trinajstić information content (AvgIpc) is 3.26. The number of nitrogens with zero attached hydrogens (tertiary/aromatic N) is 4. The van der Waals surface area contributed by atoms with Crippen LogP contribution < -0.4 is 21.7 Å². The maximum Gasteiger partial charge on any atom is 0.328 e. The fourth-order valence-electron chi connectivity index (χ4n) is 3.49. The predicted octanol–water partition coefficient (Wildman–Crippen LogP) is 1.07. The lowest BCUT2D eigenvalue weighted by Gasteiger charge is -2.20. The molecule has 1 aliphatic rings. The molecule has 1 atom stereocenters. The van der Waals surface area contributed by atoms with Crippen LogP contribution in [0.3, 0.4) is 0 Å². The molecule has 0 radical (unpaired) electrons. The fourth-order valence-corrected chi connectivity index (χ4v) is 3.49. The molecule has 2 aromatic carbocycles. The third-order valence-corrected chi connectivity index (χ3v) is 5.12. The Kier molecular flexibility index (Phi) is 4.61. The van der Waals surface area contributed by atoms with E-state index in [0.29, 0.717) is 16.9 Å². The molecular formula is C20H19FN6O3. The number of carbonyl (C=O) groups excluding carboxylic acids is 2. The zero-order valence-electron chi connectivity index (χ0n) is 16.3. The number of anilines is 2. The lowest BCUT2D eigenvalue weighted by Crippen LogP contribution is -2.39. The summed E-state index contributed by atoms with van der Waals surface area (Å²) in [6.45, 7) is 0. The van der Waals surface area contributed by atoms with Crippen molar-refractivity contribution < 1.29 is 14.0 Å². The van der Waals surface area contributed by atoms with Crippen LogP contribution >= 0.6 is 0 Å². The highest BCUT2D eigenvalue weighted by atomic mass is 19.1.